The van der Waals surface area contributed by atoms with Crippen LogP contribution in [0.15, 0.2) is 18.2 Å². The van der Waals surface area contributed by atoms with Gasteiger partial charge in [0.15, 0.2) is 0 Å². The van der Waals surface area contributed by atoms with E-state index in [2.05, 4.69) is 0 Å². The summed E-state index contributed by atoms with van der Waals surface area (Å²) < 4.78 is 18.8. The summed E-state index contributed by atoms with van der Waals surface area (Å²) in [5.41, 5.74) is 6.50. The van der Waals surface area contributed by atoms with E-state index in [1.807, 2.05) is 4.90 Å². The number of anilines is 1. The largest absolute Gasteiger partial charge is 0.497 e. The molecule has 0 saturated carbocycles. The molecule has 1 aromatic carbocycles. The van der Waals surface area contributed by atoms with Crippen LogP contribution in [0.5, 0.6) is 5.75 Å². The van der Waals surface area contributed by atoms with Gasteiger partial charge >= 0.3 is 0 Å². The number of hydrogen-bond donors (Lipinski definition) is 1. The number of benzene rings is 1. The standard InChI is InChI=1S/C12H17FN2O/c1-16-10-4-5-12(11(13)7-10)15-6-2-3-9(14)8-15/h4-5,7,9H,2-3,6,8,14H2,1H3. The second kappa shape index (κ2) is 4.70. The molecule has 1 saturated heterocycles. The van der Waals surface area contributed by atoms with E-state index >= 15 is 0 Å². The lowest BCUT2D eigenvalue weighted by atomic mass is 10.1. The number of halogens is 1. The highest BCUT2D eigenvalue weighted by molar-refractivity contribution is 5.51. The monoisotopic (exact) mass is 224 g/mol. The third-order valence-electron chi connectivity index (χ3n) is 2.95. The number of ether oxygens (including phenoxy) is 1. The van der Waals surface area contributed by atoms with Crippen LogP contribution in [0.3, 0.4) is 0 Å². The van der Waals surface area contributed by atoms with Gasteiger partial charge in [-0.05, 0) is 25.0 Å². The van der Waals surface area contributed by atoms with Gasteiger partial charge in [-0.2, -0.15) is 0 Å². The van der Waals surface area contributed by atoms with E-state index < -0.39 is 0 Å². The molecular formula is C12H17FN2O. The number of piperidine rings is 1. The molecule has 88 valence electrons. The summed E-state index contributed by atoms with van der Waals surface area (Å²) in [6.07, 6.45) is 2.04. The van der Waals surface area contributed by atoms with Crippen molar-refractivity contribution in [1.29, 1.82) is 0 Å². The van der Waals surface area contributed by atoms with Gasteiger partial charge in [-0.15, -0.1) is 0 Å². The third-order valence-corrected chi connectivity index (χ3v) is 2.95. The van der Waals surface area contributed by atoms with Crippen molar-refractivity contribution in [2.45, 2.75) is 18.9 Å². The molecule has 2 rings (SSSR count). The van der Waals surface area contributed by atoms with Gasteiger partial charge in [0, 0.05) is 25.2 Å². The van der Waals surface area contributed by atoms with Gasteiger partial charge in [-0.1, -0.05) is 0 Å². The van der Waals surface area contributed by atoms with E-state index in [0.717, 1.165) is 25.9 Å². The zero-order valence-corrected chi connectivity index (χ0v) is 9.45. The Morgan fingerprint density at radius 2 is 2.31 bits per heavy atom. The minimum Gasteiger partial charge on any atom is -0.497 e. The molecule has 1 heterocycles. The average Bonchev–Trinajstić information content (AvgIpc) is 2.28. The molecule has 1 unspecified atom stereocenters. The minimum atomic E-state index is -0.242. The van der Waals surface area contributed by atoms with Crippen LogP contribution in [0.25, 0.3) is 0 Å². The Bertz CT molecular complexity index is 370. The topological polar surface area (TPSA) is 38.5 Å². The molecule has 4 heteroatoms. The van der Waals surface area contributed by atoms with Crippen LogP contribution in [0, 0.1) is 5.82 Å². The molecule has 0 amide bonds. The highest BCUT2D eigenvalue weighted by atomic mass is 19.1. The molecule has 1 aromatic rings. The van der Waals surface area contributed by atoms with Gasteiger partial charge in [-0.3, -0.25) is 0 Å². The van der Waals surface area contributed by atoms with Crippen LogP contribution in [-0.2, 0) is 0 Å². The van der Waals surface area contributed by atoms with E-state index in [4.69, 9.17) is 10.5 Å². The molecule has 1 atom stereocenters. The first-order valence-electron chi connectivity index (χ1n) is 5.55. The number of nitrogens with zero attached hydrogens (tertiary/aromatic N) is 1. The van der Waals surface area contributed by atoms with Crippen molar-refractivity contribution < 1.29 is 9.13 Å². The van der Waals surface area contributed by atoms with Gasteiger partial charge in [-0.25, -0.2) is 4.39 Å². The summed E-state index contributed by atoms with van der Waals surface area (Å²) in [5, 5.41) is 0. The van der Waals surface area contributed by atoms with Crippen LogP contribution >= 0.6 is 0 Å². The number of nitrogens with two attached hydrogens (primary N) is 1. The average molecular weight is 224 g/mol. The van der Waals surface area contributed by atoms with Gasteiger partial charge < -0.3 is 15.4 Å². The molecule has 2 N–H and O–H groups in total. The van der Waals surface area contributed by atoms with Crippen LogP contribution in [-0.4, -0.2) is 26.2 Å². The van der Waals surface area contributed by atoms with Crippen LogP contribution in [0.2, 0.25) is 0 Å². The fourth-order valence-corrected chi connectivity index (χ4v) is 2.10. The Labute approximate surface area is 95.0 Å². The molecule has 0 bridgehead atoms. The highest BCUT2D eigenvalue weighted by Crippen LogP contribution is 2.26. The maximum Gasteiger partial charge on any atom is 0.150 e. The number of methoxy groups -OCH3 is 1. The van der Waals surface area contributed by atoms with E-state index in [-0.39, 0.29) is 11.9 Å². The molecule has 16 heavy (non-hydrogen) atoms. The second-order valence-corrected chi connectivity index (χ2v) is 4.17. The molecule has 0 aliphatic carbocycles. The number of rotatable bonds is 2. The van der Waals surface area contributed by atoms with Crippen molar-refractivity contribution in [3.05, 3.63) is 24.0 Å². The normalized spacial score (nSPS) is 20.9. The summed E-state index contributed by atoms with van der Waals surface area (Å²) in [6, 6.07) is 5.09. The van der Waals surface area contributed by atoms with E-state index in [0.29, 0.717) is 11.4 Å². The highest BCUT2D eigenvalue weighted by Gasteiger charge is 2.19. The molecule has 0 radical (unpaired) electrons. The lowest BCUT2D eigenvalue weighted by Gasteiger charge is -2.32. The predicted molar refractivity (Wildman–Crippen MR) is 62.4 cm³/mol. The zero-order valence-electron chi connectivity index (χ0n) is 9.45. The Kier molecular flexibility index (Phi) is 3.29. The second-order valence-electron chi connectivity index (χ2n) is 4.17. The van der Waals surface area contributed by atoms with Gasteiger partial charge in [0.05, 0.1) is 12.8 Å². The van der Waals surface area contributed by atoms with Gasteiger partial charge in [0.25, 0.3) is 0 Å². The summed E-state index contributed by atoms with van der Waals surface area (Å²) in [6.45, 7) is 1.60. The Hall–Kier alpha value is -1.29. The first-order valence-corrected chi connectivity index (χ1v) is 5.55. The SMILES string of the molecule is COc1ccc(N2CCCC(N)C2)c(F)c1. The molecule has 1 aliphatic heterocycles. The van der Waals surface area contributed by atoms with Crippen molar-refractivity contribution in [3.63, 3.8) is 0 Å². The Balaban J connectivity index is 2.19. The quantitative estimate of drug-likeness (QED) is 0.832. The fraction of sp³-hybridized carbons (Fsp3) is 0.500. The smallest absolute Gasteiger partial charge is 0.150 e. The van der Waals surface area contributed by atoms with E-state index in [1.54, 1.807) is 12.1 Å². The lowest BCUT2D eigenvalue weighted by Crippen LogP contribution is -2.43. The molecule has 0 spiro atoms. The molecule has 0 aromatic heterocycles. The van der Waals surface area contributed by atoms with Crippen molar-refractivity contribution in [3.8, 4) is 5.75 Å². The van der Waals surface area contributed by atoms with Crippen molar-refractivity contribution >= 4 is 5.69 Å². The van der Waals surface area contributed by atoms with Crippen LogP contribution < -0.4 is 15.4 Å². The van der Waals surface area contributed by atoms with Crippen molar-refractivity contribution in [2.75, 3.05) is 25.1 Å². The van der Waals surface area contributed by atoms with Crippen LogP contribution in [0.4, 0.5) is 10.1 Å². The molecule has 3 nitrogen and oxygen atoms in total. The third kappa shape index (κ3) is 2.27. The maximum atomic E-state index is 13.8. The first kappa shape index (κ1) is 11.2. The Morgan fingerprint density at radius 1 is 1.50 bits per heavy atom. The minimum absolute atomic E-state index is 0.148. The fourth-order valence-electron chi connectivity index (χ4n) is 2.10. The van der Waals surface area contributed by atoms with Crippen molar-refractivity contribution in [1.82, 2.24) is 0 Å². The van der Waals surface area contributed by atoms with Gasteiger partial charge in [0.1, 0.15) is 11.6 Å². The summed E-state index contributed by atoms with van der Waals surface area (Å²) in [5.74, 6) is 0.302. The summed E-state index contributed by atoms with van der Waals surface area (Å²) in [4.78, 5) is 2.00. The maximum absolute atomic E-state index is 13.8. The Morgan fingerprint density at radius 3 is 2.94 bits per heavy atom. The van der Waals surface area contributed by atoms with Crippen molar-refractivity contribution in [2.24, 2.45) is 5.73 Å². The molecule has 1 aliphatic rings. The van der Waals surface area contributed by atoms with Crippen LogP contribution in [0.1, 0.15) is 12.8 Å². The van der Waals surface area contributed by atoms with Gasteiger partial charge in [0.2, 0.25) is 0 Å². The molecule has 1 fully saturated rings. The van der Waals surface area contributed by atoms with E-state index in [1.165, 1.54) is 13.2 Å². The lowest BCUT2D eigenvalue weighted by molar-refractivity contribution is 0.411. The summed E-state index contributed by atoms with van der Waals surface area (Å²) in [7, 11) is 1.53. The summed E-state index contributed by atoms with van der Waals surface area (Å²) >= 11 is 0. The first-order chi connectivity index (χ1) is 7.70. The predicted octanol–water partition coefficient (Wildman–Crippen LogP) is 1.76. The molecular weight excluding hydrogens is 207 g/mol. The zero-order chi connectivity index (χ0) is 11.5. The van der Waals surface area contributed by atoms with E-state index in [9.17, 15) is 4.39 Å². The number of hydrogen-bond acceptors (Lipinski definition) is 3.